The Hall–Kier alpha value is -0.120. The third-order valence-electron chi connectivity index (χ3n) is 4.49. The highest BCUT2D eigenvalue weighted by Crippen LogP contribution is 2.26. The highest BCUT2D eigenvalue weighted by atomic mass is 16.5. The first kappa shape index (κ1) is 13.3. The number of hydrogen-bond donors (Lipinski definition) is 1. The fraction of sp³-hybridized carbons (Fsp3) is 1.00. The van der Waals surface area contributed by atoms with Gasteiger partial charge in [0.15, 0.2) is 0 Å². The number of ether oxygens (including phenoxy) is 1. The molecule has 1 N–H and O–H groups in total. The van der Waals surface area contributed by atoms with E-state index in [2.05, 4.69) is 24.3 Å². The average Bonchev–Trinajstić information content (AvgIpc) is 2.77. The normalized spacial score (nSPS) is 31.2. The SMILES string of the molecule is CNC1CCCC1CN(C)CC1CCOCC1. The summed E-state index contributed by atoms with van der Waals surface area (Å²) in [5.74, 6) is 1.73. The average molecular weight is 240 g/mol. The summed E-state index contributed by atoms with van der Waals surface area (Å²) in [4.78, 5) is 2.55. The van der Waals surface area contributed by atoms with Gasteiger partial charge in [-0.1, -0.05) is 6.42 Å². The van der Waals surface area contributed by atoms with E-state index in [0.717, 1.165) is 31.1 Å². The van der Waals surface area contributed by atoms with Gasteiger partial charge in [0.1, 0.15) is 0 Å². The number of rotatable bonds is 5. The molecule has 2 fully saturated rings. The van der Waals surface area contributed by atoms with Gasteiger partial charge in [0, 0.05) is 32.3 Å². The van der Waals surface area contributed by atoms with Crippen LogP contribution in [0.1, 0.15) is 32.1 Å². The Labute approximate surface area is 106 Å². The summed E-state index contributed by atoms with van der Waals surface area (Å²) in [7, 11) is 4.40. The summed E-state index contributed by atoms with van der Waals surface area (Å²) in [6.07, 6.45) is 6.69. The third kappa shape index (κ3) is 3.94. The molecule has 2 atom stereocenters. The Balaban J connectivity index is 1.70. The number of nitrogens with zero attached hydrogens (tertiary/aromatic N) is 1. The highest BCUT2D eigenvalue weighted by molar-refractivity contribution is 4.84. The Morgan fingerprint density at radius 1 is 1.12 bits per heavy atom. The van der Waals surface area contributed by atoms with E-state index in [1.807, 2.05) is 0 Å². The lowest BCUT2D eigenvalue weighted by molar-refractivity contribution is 0.0536. The van der Waals surface area contributed by atoms with Crippen LogP contribution in [0.5, 0.6) is 0 Å². The Morgan fingerprint density at radius 2 is 1.88 bits per heavy atom. The minimum absolute atomic E-state index is 0.757. The molecule has 17 heavy (non-hydrogen) atoms. The highest BCUT2D eigenvalue weighted by Gasteiger charge is 2.27. The summed E-state index contributed by atoms with van der Waals surface area (Å²) in [5, 5.41) is 3.48. The first-order valence-electron chi connectivity index (χ1n) is 7.23. The predicted octanol–water partition coefficient (Wildman–Crippen LogP) is 1.73. The maximum Gasteiger partial charge on any atom is 0.0469 e. The minimum atomic E-state index is 0.757. The first-order valence-corrected chi connectivity index (χ1v) is 7.23. The monoisotopic (exact) mass is 240 g/mol. The molecule has 0 aromatic rings. The van der Waals surface area contributed by atoms with Crippen LogP contribution in [-0.2, 0) is 4.74 Å². The van der Waals surface area contributed by atoms with Crippen molar-refractivity contribution in [3.63, 3.8) is 0 Å². The van der Waals surface area contributed by atoms with E-state index in [4.69, 9.17) is 4.74 Å². The van der Waals surface area contributed by atoms with E-state index in [9.17, 15) is 0 Å². The van der Waals surface area contributed by atoms with Crippen molar-refractivity contribution in [1.82, 2.24) is 10.2 Å². The smallest absolute Gasteiger partial charge is 0.0469 e. The van der Waals surface area contributed by atoms with Crippen LogP contribution in [0.25, 0.3) is 0 Å². The summed E-state index contributed by atoms with van der Waals surface area (Å²) in [5.41, 5.74) is 0. The molecular formula is C14H28N2O. The van der Waals surface area contributed by atoms with Crippen LogP contribution < -0.4 is 5.32 Å². The summed E-state index contributed by atoms with van der Waals surface area (Å²) < 4.78 is 5.42. The summed E-state index contributed by atoms with van der Waals surface area (Å²) in [6, 6.07) is 0.757. The number of hydrogen-bond acceptors (Lipinski definition) is 3. The molecule has 0 bridgehead atoms. The van der Waals surface area contributed by atoms with Gasteiger partial charge in [0.05, 0.1) is 0 Å². The van der Waals surface area contributed by atoms with Crippen LogP contribution in [0.4, 0.5) is 0 Å². The van der Waals surface area contributed by atoms with E-state index >= 15 is 0 Å². The van der Waals surface area contributed by atoms with E-state index in [1.54, 1.807) is 0 Å². The van der Waals surface area contributed by atoms with Gasteiger partial charge in [0.2, 0.25) is 0 Å². The molecular weight excluding hydrogens is 212 g/mol. The van der Waals surface area contributed by atoms with E-state index in [-0.39, 0.29) is 0 Å². The fourth-order valence-electron chi connectivity index (χ4n) is 3.48. The molecule has 0 radical (unpaired) electrons. The Morgan fingerprint density at radius 3 is 2.59 bits per heavy atom. The molecule has 0 amide bonds. The molecule has 2 rings (SSSR count). The summed E-state index contributed by atoms with van der Waals surface area (Å²) >= 11 is 0. The number of nitrogens with one attached hydrogen (secondary N) is 1. The van der Waals surface area contributed by atoms with Crippen LogP contribution in [0, 0.1) is 11.8 Å². The maximum atomic E-state index is 5.42. The zero-order chi connectivity index (χ0) is 12.1. The van der Waals surface area contributed by atoms with Gasteiger partial charge in [0.25, 0.3) is 0 Å². The molecule has 1 heterocycles. The molecule has 0 aromatic heterocycles. The van der Waals surface area contributed by atoms with Gasteiger partial charge >= 0.3 is 0 Å². The fourth-order valence-corrected chi connectivity index (χ4v) is 3.48. The van der Waals surface area contributed by atoms with Gasteiger partial charge in [-0.3, -0.25) is 0 Å². The second-order valence-corrected chi connectivity index (χ2v) is 5.86. The quantitative estimate of drug-likeness (QED) is 0.792. The second kappa shape index (κ2) is 6.72. The van der Waals surface area contributed by atoms with Crippen LogP contribution in [-0.4, -0.2) is 51.3 Å². The van der Waals surface area contributed by atoms with Gasteiger partial charge in [-0.25, -0.2) is 0 Å². The predicted molar refractivity (Wildman–Crippen MR) is 71.2 cm³/mol. The van der Waals surface area contributed by atoms with Crippen LogP contribution >= 0.6 is 0 Å². The van der Waals surface area contributed by atoms with Crippen molar-refractivity contribution in [3.8, 4) is 0 Å². The standard InChI is InChI=1S/C14H28N2O/c1-15-14-5-3-4-13(14)11-16(2)10-12-6-8-17-9-7-12/h12-15H,3-11H2,1-2H3. The first-order chi connectivity index (χ1) is 8.29. The van der Waals surface area contributed by atoms with Gasteiger partial charge in [-0.05, 0) is 51.6 Å². The van der Waals surface area contributed by atoms with Crippen molar-refractivity contribution in [2.45, 2.75) is 38.1 Å². The topological polar surface area (TPSA) is 24.5 Å². The van der Waals surface area contributed by atoms with Crippen molar-refractivity contribution in [1.29, 1.82) is 0 Å². The van der Waals surface area contributed by atoms with Gasteiger partial charge < -0.3 is 15.0 Å². The maximum absolute atomic E-state index is 5.42. The summed E-state index contributed by atoms with van der Waals surface area (Å²) in [6.45, 7) is 4.47. The van der Waals surface area contributed by atoms with Crippen molar-refractivity contribution in [2.75, 3.05) is 40.4 Å². The molecule has 0 aromatic carbocycles. The van der Waals surface area contributed by atoms with Crippen LogP contribution in [0.3, 0.4) is 0 Å². The van der Waals surface area contributed by atoms with Crippen LogP contribution in [0.15, 0.2) is 0 Å². The zero-order valence-corrected chi connectivity index (χ0v) is 11.5. The molecule has 3 nitrogen and oxygen atoms in total. The van der Waals surface area contributed by atoms with Crippen molar-refractivity contribution in [2.24, 2.45) is 11.8 Å². The second-order valence-electron chi connectivity index (χ2n) is 5.86. The Bertz CT molecular complexity index is 216. The van der Waals surface area contributed by atoms with Gasteiger partial charge in [-0.2, -0.15) is 0 Å². The molecule has 100 valence electrons. The third-order valence-corrected chi connectivity index (χ3v) is 4.49. The van der Waals surface area contributed by atoms with E-state index in [0.29, 0.717) is 0 Å². The Kier molecular flexibility index (Phi) is 5.26. The molecule has 2 unspecified atom stereocenters. The van der Waals surface area contributed by atoms with Gasteiger partial charge in [-0.15, -0.1) is 0 Å². The largest absolute Gasteiger partial charge is 0.381 e. The van der Waals surface area contributed by atoms with Crippen molar-refractivity contribution < 1.29 is 4.74 Å². The lowest BCUT2D eigenvalue weighted by atomic mass is 9.98. The molecule has 1 saturated heterocycles. The van der Waals surface area contributed by atoms with Crippen LogP contribution in [0.2, 0.25) is 0 Å². The van der Waals surface area contributed by atoms with Crippen molar-refractivity contribution in [3.05, 3.63) is 0 Å². The molecule has 0 spiro atoms. The molecule has 1 saturated carbocycles. The molecule has 1 aliphatic heterocycles. The lowest BCUT2D eigenvalue weighted by Crippen LogP contribution is -2.38. The molecule has 2 aliphatic rings. The van der Waals surface area contributed by atoms with E-state index < -0.39 is 0 Å². The zero-order valence-electron chi connectivity index (χ0n) is 11.5. The minimum Gasteiger partial charge on any atom is -0.381 e. The molecule has 1 aliphatic carbocycles. The molecule has 3 heteroatoms. The lowest BCUT2D eigenvalue weighted by Gasteiger charge is -2.30. The van der Waals surface area contributed by atoms with Crippen molar-refractivity contribution >= 4 is 0 Å². The van der Waals surface area contributed by atoms with E-state index in [1.165, 1.54) is 45.2 Å².